The minimum atomic E-state index is -1.03. The van der Waals surface area contributed by atoms with Gasteiger partial charge in [-0.15, -0.1) is 0 Å². The molecule has 0 saturated carbocycles. The molecular weight excluding hydrogens is 518 g/mol. The number of methoxy groups -OCH3 is 1. The number of esters is 1. The summed E-state index contributed by atoms with van der Waals surface area (Å²) in [4.78, 5) is 53.3. The number of thiol groups is 1. The van der Waals surface area contributed by atoms with Gasteiger partial charge in [-0.05, 0) is 57.7 Å². The van der Waals surface area contributed by atoms with Crippen LogP contribution in [0.3, 0.4) is 0 Å². The van der Waals surface area contributed by atoms with Gasteiger partial charge >= 0.3 is 12.1 Å². The molecule has 0 heterocycles. The SMILES string of the molecule is CCCCCCCCN(C(=O)C(CS)NC(=O)OC(C)(C)C)C(C(=O)NCC(=O)OC)c1ccc(C)c(C)c1. The van der Waals surface area contributed by atoms with Gasteiger partial charge in [0.1, 0.15) is 24.2 Å². The summed E-state index contributed by atoms with van der Waals surface area (Å²) in [5.74, 6) is -1.57. The van der Waals surface area contributed by atoms with Crippen LogP contribution < -0.4 is 10.6 Å². The third-order valence-corrected chi connectivity index (χ3v) is 6.61. The molecule has 0 aliphatic heterocycles. The molecule has 0 aliphatic carbocycles. The van der Waals surface area contributed by atoms with E-state index in [4.69, 9.17) is 4.74 Å². The molecule has 0 fully saturated rings. The summed E-state index contributed by atoms with van der Waals surface area (Å²) in [5.41, 5.74) is 1.86. The first-order valence-corrected chi connectivity index (χ1v) is 14.3. The molecule has 2 unspecified atom stereocenters. The molecule has 1 aromatic rings. The monoisotopic (exact) mass is 565 g/mol. The molecule has 10 heteroatoms. The Kier molecular flexibility index (Phi) is 15.0. The first-order chi connectivity index (χ1) is 18.3. The topological polar surface area (TPSA) is 114 Å². The number of alkyl carbamates (subject to hydrolysis) is 1. The number of nitrogens with one attached hydrogen (secondary N) is 2. The van der Waals surface area contributed by atoms with Crippen LogP contribution in [0.15, 0.2) is 18.2 Å². The number of unbranched alkanes of at least 4 members (excludes halogenated alkanes) is 5. The highest BCUT2D eigenvalue weighted by molar-refractivity contribution is 7.80. The van der Waals surface area contributed by atoms with Gasteiger partial charge in [-0.2, -0.15) is 12.6 Å². The smallest absolute Gasteiger partial charge is 0.408 e. The highest BCUT2D eigenvalue weighted by Crippen LogP contribution is 2.26. The number of aryl methyl sites for hydroxylation is 2. The van der Waals surface area contributed by atoms with E-state index >= 15 is 0 Å². The van der Waals surface area contributed by atoms with Gasteiger partial charge in [-0.1, -0.05) is 57.2 Å². The van der Waals surface area contributed by atoms with E-state index in [0.717, 1.165) is 43.2 Å². The molecule has 0 spiro atoms. The maximum Gasteiger partial charge on any atom is 0.408 e. The fourth-order valence-electron chi connectivity index (χ4n) is 4.00. The third kappa shape index (κ3) is 12.3. The number of ether oxygens (including phenoxy) is 2. The molecule has 0 radical (unpaired) electrons. The summed E-state index contributed by atoms with van der Waals surface area (Å²) < 4.78 is 10.0. The Morgan fingerprint density at radius 2 is 1.64 bits per heavy atom. The van der Waals surface area contributed by atoms with Gasteiger partial charge < -0.3 is 25.0 Å². The van der Waals surface area contributed by atoms with E-state index in [-0.39, 0.29) is 18.8 Å². The van der Waals surface area contributed by atoms with Crippen molar-refractivity contribution >= 4 is 36.5 Å². The second-order valence-corrected chi connectivity index (χ2v) is 11.1. The zero-order chi connectivity index (χ0) is 29.6. The van der Waals surface area contributed by atoms with E-state index in [1.165, 1.54) is 12.0 Å². The Morgan fingerprint density at radius 1 is 1.00 bits per heavy atom. The molecule has 0 saturated heterocycles. The standard InChI is InChI=1S/C29H47N3O6S/c1-8-9-10-11-12-13-16-32(27(35)23(19-39)31-28(36)38-29(4,5)6)25(26(34)30-18-24(33)37-7)22-15-14-20(2)21(3)17-22/h14-15,17,23,25,39H,8-13,16,18-19H2,1-7H3,(H,30,34)(H,31,36). The van der Waals surface area contributed by atoms with Crippen LogP contribution in [0.2, 0.25) is 0 Å². The normalized spacial score (nSPS) is 12.7. The Bertz CT molecular complexity index is 963. The van der Waals surface area contributed by atoms with Crippen LogP contribution in [0.4, 0.5) is 4.79 Å². The Labute approximate surface area is 239 Å². The maximum absolute atomic E-state index is 13.9. The Hall–Kier alpha value is -2.75. The van der Waals surface area contributed by atoms with E-state index in [1.807, 2.05) is 32.0 Å². The lowest BCUT2D eigenvalue weighted by Crippen LogP contribution is -2.54. The molecule has 39 heavy (non-hydrogen) atoms. The molecule has 2 atom stereocenters. The highest BCUT2D eigenvalue weighted by Gasteiger charge is 2.36. The fourth-order valence-corrected chi connectivity index (χ4v) is 4.25. The summed E-state index contributed by atoms with van der Waals surface area (Å²) in [6, 6.07) is 3.53. The van der Waals surface area contributed by atoms with Crippen molar-refractivity contribution in [2.45, 2.75) is 97.8 Å². The van der Waals surface area contributed by atoms with E-state index in [9.17, 15) is 19.2 Å². The first-order valence-electron chi connectivity index (χ1n) is 13.7. The van der Waals surface area contributed by atoms with E-state index in [0.29, 0.717) is 12.0 Å². The van der Waals surface area contributed by atoms with E-state index in [2.05, 4.69) is 34.9 Å². The van der Waals surface area contributed by atoms with Crippen molar-refractivity contribution in [2.75, 3.05) is 26.0 Å². The molecule has 0 aliphatic rings. The van der Waals surface area contributed by atoms with Crippen LogP contribution >= 0.6 is 12.6 Å². The summed E-state index contributed by atoms with van der Waals surface area (Å²) in [6.07, 6.45) is 5.21. The van der Waals surface area contributed by atoms with Crippen molar-refractivity contribution in [1.82, 2.24) is 15.5 Å². The molecule has 220 valence electrons. The van der Waals surface area contributed by atoms with Crippen LogP contribution in [0, 0.1) is 13.8 Å². The van der Waals surface area contributed by atoms with Crippen LogP contribution in [0.25, 0.3) is 0 Å². The maximum atomic E-state index is 13.9. The summed E-state index contributed by atoms with van der Waals surface area (Å²) >= 11 is 4.32. The average Bonchev–Trinajstić information content (AvgIpc) is 2.87. The average molecular weight is 566 g/mol. The van der Waals surface area contributed by atoms with Gasteiger partial charge in [0, 0.05) is 12.3 Å². The lowest BCUT2D eigenvalue weighted by Gasteiger charge is -2.34. The quantitative estimate of drug-likeness (QED) is 0.162. The minimum absolute atomic E-state index is 0.00843. The van der Waals surface area contributed by atoms with Crippen LogP contribution in [-0.4, -0.2) is 66.4 Å². The number of carbonyl (C=O) groups excluding carboxylic acids is 4. The lowest BCUT2D eigenvalue weighted by molar-refractivity contribution is -0.144. The largest absolute Gasteiger partial charge is 0.468 e. The van der Waals surface area contributed by atoms with Gasteiger partial charge in [0.2, 0.25) is 11.8 Å². The van der Waals surface area contributed by atoms with Gasteiger partial charge in [0.25, 0.3) is 0 Å². The van der Waals surface area contributed by atoms with Gasteiger partial charge in [0.05, 0.1) is 7.11 Å². The molecule has 1 rings (SSSR count). The number of carbonyl (C=O) groups is 4. The predicted molar refractivity (Wildman–Crippen MR) is 156 cm³/mol. The van der Waals surface area contributed by atoms with Crippen molar-refractivity contribution in [3.05, 3.63) is 34.9 Å². The third-order valence-electron chi connectivity index (χ3n) is 6.25. The fraction of sp³-hybridized carbons (Fsp3) is 0.655. The molecular formula is C29H47N3O6S. The molecule has 9 nitrogen and oxygen atoms in total. The number of hydrogen-bond acceptors (Lipinski definition) is 7. The van der Waals surface area contributed by atoms with Crippen LogP contribution in [-0.2, 0) is 23.9 Å². The number of rotatable bonds is 15. The molecule has 1 aromatic carbocycles. The number of nitrogens with zero attached hydrogens (tertiary/aromatic N) is 1. The Morgan fingerprint density at radius 3 is 2.21 bits per heavy atom. The van der Waals surface area contributed by atoms with Crippen LogP contribution in [0.1, 0.15) is 89.0 Å². The minimum Gasteiger partial charge on any atom is -0.468 e. The Balaban J connectivity index is 3.40. The highest BCUT2D eigenvalue weighted by atomic mass is 32.1. The number of hydrogen-bond donors (Lipinski definition) is 3. The lowest BCUT2D eigenvalue weighted by atomic mass is 9.98. The summed E-state index contributed by atoms with van der Waals surface area (Å²) in [5, 5.41) is 5.22. The molecule has 3 amide bonds. The molecule has 0 aromatic heterocycles. The van der Waals surface area contributed by atoms with Crippen molar-refractivity contribution in [2.24, 2.45) is 0 Å². The first kappa shape index (κ1) is 34.3. The number of benzene rings is 1. The van der Waals surface area contributed by atoms with Gasteiger partial charge in [-0.25, -0.2) is 4.79 Å². The summed E-state index contributed by atoms with van der Waals surface area (Å²) in [7, 11) is 1.24. The van der Waals surface area contributed by atoms with E-state index in [1.54, 1.807) is 20.8 Å². The summed E-state index contributed by atoms with van der Waals surface area (Å²) in [6.45, 7) is 11.2. The van der Waals surface area contributed by atoms with Crippen molar-refractivity contribution in [1.29, 1.82) is 0 Å². The van der Waals surface area contributed by atoms with Crippen molar-refractivity contribution in [3.63, 3.8) is 0 Å². The molecule has 2 N–H and O–H groups in total. The second-order valence-electron chi connectivity index (χ2n) is 10.7. The van der Waals surface area contributed by atoms with Gasteiger partial charge in [0.15, 0.2) is 0 Å². The number of amides is 3. The van der Waals surface area contributed by atoms with Crippen molar-refractivity contribution in [3.8, 4) is 0 Å². The molecule has 0 bridgehead atoms. The van der Waals surface area contributed by atoms with Crippen molar-refractivity contribution < 1.29 is 28.7 Å². The van der Waals surface area contributed by atoms with Crippen LogP contribution in [0.5, 0.6) is 0 Å². The van der Waals surface area contributed by atoms with Gasteiger partial charge in [-0.3, -0.25) is 14.4 Å². The zero-order valence-corrected chi connectivity index (χ0v) is 25.5. The zero-order valence-electron chi connectivity index (χ0n) is 24.6. The van der Waals surface area contributed by atoms with E-state index < -0.39 is 41.6 Å². The second kappa shape index (κ2) is 17.0. The predicted octanol–water partition coefficient (Wildman–Crippen LogP) is 4.65.